The van der Waals surface area contributed by atoms with E-state index < -0.39 is 0 Å². The molecule has 0 aliphatic rings. The molecule has 2 aromatic carbocycles. The fourth-order valence-corrected chi connectivity index (χ4v) is 2.39. The highest BCUT2D eigenvalue weighted by Gasteiger charge is 1.95. The minimum atomic E-state index is 1.06. The fraction of sp³-hybridized carbons (Fsp3) is 0.143. The first-order valence-corrected chi connectivity index (χ1v) is 8.07. The van der Waals surface area contributed by atoms with Crippen molar-refractivity contribution in [3.8, 4) is 0 Å². The fourth-order valence-electron chi connectivity index (χ4n) is 1.52. The lowest BCUT2D eigenvalue weighted by Gasteiger charge is -2.10. The molecule has 0 fully saturated rings. The minimum absolute atomic E-state index is 1.06. The molecule has 0 amide bonds. The highest BCUT2D eigenvalue weighted by molar-refractivity contribution is 7.98. The number of hydrogen-bond acceptors (Lipinski definition) is 4. The molecule has 4 heteroatoms. The van der Waals surface area contributed by atoms with Gasteiger partial charge < -0.3 is 10.9 Å². The Labute approximate surface area is 117 Å². The SMILES string of the molecule is CSc1ccc(NNc2cccc(SC)c2)cc1. The van der Waals surface area contributed by atoms with E-state index in [1.807, 2.05) is 12.1 Å². The maximum Gasteiger partial charge on any atom is 0.0551 e. The van der Waals surface area contributed by atoms with Gasteiger partial charge in [-0.05, 0) is 55.0 Å². The zero-order valence-corrected chi connectivity index (χ0v) is 12.1. The van der Waals surface area contributed by atoms with Gasteiger partial charge in [-0.25, -0.2) is 0 Å². The maximum absolute atomic E-state index is 3.20. The number of benzene rings is 2. The first-order valence-electron chi connectivity index (χ1n) is 5.62. The van der Waals surface area contributed by atoms with Crippen molar-refractivity contribution in [2.75, 3.05) is 23.4 Å². The van der Waals surface area contributed by atoms with Crippen molar-refractivity contribution in [3.05, 3.63) is 48.5 Å². The number of thioether (sulfide) groups is 2. The monoisotopic (exact) mass is 276 g/mol. The van der Waals surface area contributed by atoms with Crippen LogP contribution < -0.4 is 10.9 Å². The summed E-state index contributed by atoms with van der Waals surface area (Å²) in [5.74, 6) is 0. The van der Waals surface area contributed by atoms with Crippen LogP contribution in [0.15, 0.2) is 58.3 Å². The summed E-state index contributed by atoms with van der Waals surface area (Å²) in [6.07, 6.45) is 4.16. The van der Waals surface area contributed by atoms with Crippen molar-refractivity contribution < 1.29 is 0 Å². The van der Waals surface area contributed by atoms with Crippen LogP contribution in [0.2, 0.25) is 0 Å². The summed E-state index contributed by atoms with van der Waals surface area (Å²) < 4.78 is 0. The summed E-state index contributed by atoms with van der Waals surface area (Å²) in [6, 6.07) is 16.7. The Bertz CT molecular complexity index is 497. The molecule has 2 N–H and O–H groups in total. The second kappa shape index (κ2) is 6.61. The summed E-state index contributed by atoms with van der Waals surface area (Å²) in [7, 11) is 0. The minimum Gasteiger partial charge on any atom is -0.301 e. The number of anilines is 2. The van der Waals surface area contributed by atoms with E-state index in [-0.39, 0.29) is 0 Å². The third-order valence-electron chi connectivity index (χ3n) is 2.51. The average molecular weight is 276 g/mol. The van der Waals surface area contributed by atoms with Crippen LogP contribution in [0.4, 0.5) is 11.4 Å². The number of nitrogens with one attached hydrogen (secondary N) is 2. The van der Waals surface area contributed by atoms with Crippen molar-refractivity contribution in [2.24, 2.45) is 0 Å². The second-order valence-corrected chi connectivity index (χ2v) is 5.47. The topological polar surface area (TPSA) is 24.1 Å². The lowest BCUT2D eigenvalue weighted by molar-refractivity contribution is 1.36. The van der Waals surface area contributed by atoms with Gasteiger partial charge >= 0.3 is 0 Å². The van der Waals surface area contributed by atoms with Crippen molar-refractivity contribution >= 4 is 34.9 Å². The van der Waals surface area contributed by atoms with E-state index in [1.165, 1.54) is 9.79 Å². The molecule has 0 aliphatic heterocycles. The van der Waals surface area contributed by atoms with Gasteiger partial charge in [-0.2, -0.15) is 0 Å². The molecule has 0 radical (unpaired) electrons. The number of hydrazine groups is 1. The number of rotatable bonds is 5. The highest BCUT2D eigenvalue weighted by atomic mass is 32.2. The molecule has 94 valence electrons. The molecular weight excluding hydrogens is 260 g/mol. The molecule has 2 nitrogen and oxygen atoms in total. The number of hydrogen-bond donors (Lipinski definition) is 2. The predicted octanol–water partition coefficient (Wildman–Crippen LogP) is 4.57. The second-order valence-electron chi connectivity index (χ2n) is 3.71. The van der Waals surface area contributed by atoms with Crippen molar-refractivity contribution in [1.82, 2.24) is 0 Å². The Balaban J connectivity index is 1.97. The molecule has 0 heterocycles. The molecule has 2 aromatic rings. The van der Waals surface area contributed by atoms with Crippen LogP contribution in [0.25, 0.3) is 0 Å². The Morgan fingerprint density at radius 1 is 0.722 bits per heavy atom. The van der Waals surface area contributed by atoms with E-state index in [2.05, 4.69) is 59.8 Å². The first kappa shape index (κ1) is 13.2. The molecule has 0 aromatic heterocycles. The van der Waals surface area contributed by atoms with Crippen LogP contribution in [-0.2, 0) is 0 Å². The summed E-state index contributed by atoms with van der Waals surface area (Å²) in [4.78, 5) is 2.52. The van der Waals surface area contributed by atoms with Gasteiger partial charge in [-0.1, -0.05) is 6.07 Å². The Hall–Kier alpha value is -1.26. The summed E-state index contributed by atoms with van der Waals surface area (Å²) in [5.41, 5.74) is 8.52. The lowest BCUT2D eigenvalue weighted by atomic mass is 10.3. The van der Waals surface area contributed by atoms with Crippen molar-refractivity contribution in [3.63, 3.8) is 0 Å². The predicted molar refractivity (Wildman–Crippen MR) is 83.7 cm³/mol. The van der Waals surface area contributed by atoms with E-state index in [9.17, 15) is 0 Å². The van der Waals surface area contributed by atoms with Gasteiger partial charge in [0.1, 0.15) is 0 Å². The van der Waals surface area contributed by atoms with Crippen molar-refractivity contribution in [1.29, 1.82) is 0 Å². The summed E-state index contributed by atoms with van der Waals surface area (Å²) in [6.45, 7) is 0. The smallest absolute Gasteiger partial charge is 0.0551 e. The first-order chi connectivity index (χ1) is 8.81. The van der Waals surface area contributed by atoms with Gasteiger partial charge in [0.05, 0.1) is 11.4 Å². The highest BCUT2D eigenvalue weighted by Crippen LogP contribution is 2.20. The molecule has 18 heavy (non-hydrogen) atoms. The maximum atomic E-state index is 3.20. The molecule has 0 saturated carbocycles. The van der Waals surface area contributed by atoms with E-state index in [0.29, 0.717) is 0 Å². The van der Waals surface area contributed by atoms with Crippen LogP contribution >= 0.6 is 23.5 Å². The average Bonchev–Trinajstić information content (AvgIpc) is 2.46. The zero-order chi connectivity index (χ0) is 12.8. The molecular formula is C14H16N2S2. The van der Waals surface area contributed by atoms with Gasteiger partial charge in [-0.15, -0.1) is 23.5 Å². The van der Waals surface area contributed by atoms with Crippen LogP contribution in [-0.4, -0.2) is 12.5 Å². The van der Waals surface area contributed by atoms with E-state index >= 15 is 0 Å². The van der Waals surface area contributed by atoms with Gasteiger partial charge in [0.25, 0.3) is 0 Å². The molecule has 0 bridgehead atoms. The molecule has 0 spiro atoms. The Morgan fingerprint density at radius 3 is 2.06 bits per heavy atom. The largest absolute Gasteiger partial charge is 0.301 e. The summed E-state index contributed by atoms with van der Waals surface area (Å²) >= 11 is 3.48. The quantitative estimate of drug-likeness (QED) is 0.617. The third-order valence-corrected chi connectivity index (χ3v) is 3.98. The molecule has 0 unspecified atom stereocenters. The molecule has 2 rings (SSSR count). The van der Waals surface area contributed by atoms with Crippen LogP contribution in [0.5, 0.6) is 0 Å². The van der Waals surface area contributed by atoms with Gasteiger partial charge in [0.15, 0.2) is 0 Å². The van der Waals surface area contributed by atoms with Gasteiger partial charge in [0.2, 0.25) is 0 Å². The summed E-state index contributed by atoms with van der Waals surface area (Å²) in [5, 5.41) is 0. The van der Waals surface area contributed by atoms with E-state index in [1.54, 1.807) is 23.5 Å². The van der Waals surface area contributed by atoms with E-state index in [0.717, 1.165) is 11.4 Å². The molecule has 0 aliphatic carbocycles. The molecule has 0 atom stereocenters. The lowest BCUT2D eigenvalue weighted by Crippen LogP contribution is -2.08. The standard InChI is InChI=1S/C14H16N2S2/c1-17-13-8-6-11(7-9-13)15-16-12-4-3-5-14(10-12)18-2/h3-10,15-16H,1-2H3. The van der Waals surface area contributed by atoms with Gasteiger partial charge in [-0.3, -0.25) is 0 Å². The Morgan fingerprint density at radius 2 is 1.39 bits per heavy atom. The molecule has 0 saturated heterocycles. The van der Waals surface area contributed by atoms with Crippen molar-refractivity contribution in [2.45, 2.75) is 9.79 Å². The van der Waals surface area contributed by atoms with Crippen LogP contribution in [0, 0.1) is 0 Å². The van der Waals surface area contributed by atoms with Crippen LogP contribution in [0.1, 0.15) is 0 Å². The van der Waals surface area contributed by atoms with Crippen LogP contribution in [0.3, 0.4) is 0 Å². The third kappa shape index (κ3) is 3.62. The zero-order valence-electron chi connectivity index (χ0n) is 10.4. The van der Waals surface area contributed by atoms with Gasteiger partial charge in [0, 0.05) is 9.79 Å². The Kier molecular flexibility index (Phi) is 4.84. The normalized spacial score (nSPS) is 10.1. The van der Waals surface area contributed by atoms with E-state index in [4.69, 9.17) is 0 Å².